The Balaban J connectivity index is 1.48. The second kappa shape index (κ2) is 10.5. The van der Waals surface area contributed by atoms with Crippen molar-refractivity contribution in [1.29, 1.82) is 0 Å². The Hall–Kier alpha value is -3.78. The summed E-state index contributed by atoms with van der Waals surface area (Å²) in [7, 11) is 3.08. The molecular formula is C27H21ClF3NO4. The predicted molar refractivity (Wildman–Crippen MR) is 130 cm³/mol. The fraction of sp³-hybridized carbons (Fsp3) is 0.185. The molecule has 0 unspecified atom stereocenters. The van der Waals surface area contributed by atoms with E-state index in [9.17, 15) is 18.0 Å². The van der Waals surface area contributed by atoms with Gasteiger partial charge in [-0.2, -0.15) is 13.2 Å². The van der Waals surface area contributed by atoms with E-state index in [-0.39, 0.29) is 18.6 Å². The molecule has 1 aromatic heterocycles. The van der Waals surface area contributed by atoms with Gasteiger partial charge in [-0.25, -0.2) is 0 Å². The minimum Gasteiger partial charge on any atom is -0.493 e. The zero-order valence-electron chi connectivity index (χ0n) is 19.4. The van der Waals surface area contributed by atoms with Gasteiger partial charge in [0.15, 0.2) is 11.5 Å². The first-order valence-electron chi connectivity index (χ1n) is 10.8. The standard InChI is InChI=1S/C27H21ClF3NO4/c1-34-25-14-21-23(15-26(25)35-2)32-10-9-24(21)36-20-8-5-17(22(28)13-20)12-19(33)11-16-3-6-18(7-4-16)27(29,30)31/h3-10,13-15H,11-12H2,1-2H3. The van der Waals surface area contributed by atoms with Gasteiger partial charge in [0.1, 0.15) is 17.3 Å². The molecule has 4 rings (SSSR count). The Labute approximate surface area is 210 Å². The molecule has 4 aromatic rings. The SMILES string of the molecule is COc1cc2nccc(Oc3ccc(CC(=O)Cc4ccc(C(F)(F)F)cc4)c(Cl)c3)c2cc1OC. The molecule has 36 heavy (non-hydrogen) atoms. The summed E-state index contributed by atoms with van der Waals surface area (Å²) in [5.74, 6) is 1.89. The molecule has 0 amide bonds. The maximum absolute atomic E-state index is 12.7. The predicted octanol–water partition coefficient (Wildman–Crippen LogP) is 7.07. The summed E-state index contributed by atoms with van der Waals surface area (Å²) in [6.07, 6.45) is -2.77. The molecular weight excluding hydrogens is 495 g/mol. The molecule has 0 spiro atoms. The molecule has 0 fully saturated rings. The molecule has 9 heteroatoms. The molecule has 0 saturated carbocycles. The zero-order chi connectivity index (χ0) is 25.9. The largest absolute Gasteiger partial charge is 0.493 e. The van der Waals surface area contributed by atoms with Gasteiger partial charge < -0.3 is 14.2 Å². The van der Waals surface area contributed by atoms with Crippen molar-refractivity contribution in [3.05, 3.63) is 88.6 Å². The molecule has 186 valence electrons. The third kappa shape index (κ3) is 5.71. The van der Waals surface area contributed by atoms with Gasteiger partial charge in [-0.3, -0.25) is 9.78 Å². The van der Waals surface area contributed by atoms with Gasteiger partial charge in [0.2, 0.25) is 0 Å². The van der Waals surface area contributed by atoms with Crippen LogP contribution in [0.15, 0.2) is 66.9 Å². The molecule has 0 aliphatic carbocycles. The van der Waals surface area contributed by atoms with Crippen LogP contribution in [0, 0.1) is 0 Å². The van der Waals surface area contributed by atoms with E-state index in [0.717, 1.165) is 12.1 Å². The lowest BCUT2D eigenvalue weighted by Crippen LogP contribution is -2.08. The van der Waals surface area contributed by atoms with Crippen LogP contribution in [0.1, 0.15) is 16.7 Å². The number of methoxy groups -OCH3 is 2. The number of ketones is 1. The van der Waals surface area contributed by atoms with Crippen LogP contribution in [0.4, 0.5) is 13.2 Å². The number of aromatic nitrogens is 1. The van der Waals surface area contributed by atoms with Crippen molar-refractivity contribution >= 4 is 28.3 Å². The lowest BCUT2D eigenvalue weighted by molar-refractivity contribution is -0.137. The van der Waals surface area contributed by atoms with Crippen molar-refractivity contribution < 1.29 is 32.2 Å². The molecule has 0 atom stereocenters. The Morgan fingerprint density at radius 1 is 0.889 bits per heavy atom. The van der Waals surface area contributed by atoms with E-state index in [2.05, 4.69) is 4.98 Å². The van der Waals surface area contributed by atoms with Crippen LogP contribution in [0.25, 0.3) is 10.9 Å². The number of carbonyl (C=O) groups is 1. The van der Waals surface area contributed by atoms with Crippen molar-refractivity contribution in [3.8, 4) is 23.0 Å². The minimum atomic E-state index is -4.42. The highest BCUT2D eigenvalue weighted by atomic mass is 35.5. The number of halogens is 4. The maximum atomic E-state index is 12.7. The van der Waals surface area contributed by atoms with Crippen molar-refractivity contribution in [2.45, 2.75) is 19.0 Å². The number of nitrogens with zero attached hydrogens (tertiary/aromatic N) is 1. The van der Waals surface area contributed by atoms with Crippen LogP contribution in [-0.4, -0.2) is 25.0 Å². The second-order valence-electron chi connectivity index (χ2n) is 7.98. The fourth-order valence-electron chi connectivity index (χ4n) is 3.71. The first-order valence-corrected chi connectivity index (χ1v) is 11.2. The van der Waals surface area contributed by atoms with Crippen LogP contribution < -0.4 is 14.2 Å². The molecule has 0 N–H and O–H groups in total. The monoisotopic (exact) mass is 515 g/mol. The summed E-state index contributed by atoms with van der Waals surface area (Å²) in [4.78, 5) is 16.9. The number of rotatable bonds is 8. The summed E-state index contributed by atoms with van der Waals surface area (Å²) in [6.45, 7) is 0. The Kier molecular flexibility index (Phi) is 7.35. The average Bonchev–Trinajstić information content (AvgIpc) is 2.85. The molecule has 0 aliphatic heterocycles. The lowest BCUT2D eigenvalue weighted by atomic mass is 10.0. The van der Waals surface area contributed by atoms with E-state index in [1.165, 1.54) is 19.2 Å². The number of benzene rings is 3. The second-order valence-corrected chi connectivity index (χ2v) is 8.38. The van der Waals surface area contributed by atoms with E-state index in [0.29, 0.717) is 50.1 Å². The van der Waals surface area contributed by atoms with Gasteiger partial charge in [0.05, 0.1) is 25.3 Å². The number of pyridine rings is 1. The van der Waals surface area contributed by atoms with Gasteiger partial charge in [0, 0.05) is 35.5 Å². The Morgan fingerprint density at radius 2 is 1.58 bits per heavy atom. The summed E-state index contributed by atoms with van der Waals surface area (Å²) in [5.41, 5.74) is 0.992. The van der Waals surface area contributed by atoms with Crippen LogP contribution in [0.5, 0.6) is 23.0 Å². The fourth-order valence-corrected chi connectivity index (χ4v) is 3.95. The Bertz CT molecular complexity index is 1410. The van der Waals surface area contributed by atoms with E-state index in [4.69, 9.17) is 25.8 Å². The maximum Gasteiger partial charge on any atom is 0.416 e. The topological polar surface area (TPSA) is 57.7 Å². The molecule has 0 aliphatic rings. The van der Waals surface area contributed by atoms with Crippen molar-refractivity contribution in [2.24, 2.45) is 0 Å². The quantitative estimate of drug-likeness (QED) is 0.251. The number of hydrogen-bond donors (Lipinski definition) is 0. The minimum absolute atomic E-state index is 0.00101. The summed E-state index contributed by atoms with van der Waals surface area (Å²) >= 11 is 6.41. The highest BCUT2D eigenvalue weighted by Crippen LogP contribution is 2.37. The van der Waals surface area contributed by atoms with E-state index in [1.54, 1.807) is 49.7 Å². The third-order valence-corrected chi connectivity index (χ3v) is 5.88. The highest BCUT2D eigenvalue weighted by molar-refractivity contribution is 6.31. The van der Waals surface area contributed by atoms with Gasteiger partial charge in [-0.05, 0) is 47.5 Å². The van der Waals surface area contributed by atoms with Crippen LogP contribution >= 0.6 is 11.6 Å². The van der Waals surface area contributed by atoms with Crippen LogP contribution in [0.3, 0.4) is 0 Å². The molecule has 0 saturated heterocycles. The summed E-state index contributed by atoms with van der Waals surface area (Å²) < 4.78 is 54.9. The van der Waals surface area contributed by atoms with Crippen molar-refractivity contribution in [3.63, 3.8) is 0 Å². The number of hydrogen-bond acceptors (Lipinski definition) is 5. The highest BCUT2D eigenvalue weighted by Gasteiger charge is 2.30. The molecule has 0 radical (unpaired) electrons. The molecule has 5 nitrogen and oxygen atoms in total. The van der Waals surface area contributed by atoms with E-state index >= 15 is 0 Å². The van der Waals surface area contributed by atoms with E-state index < -0.39 is 11.7 Å². The van der Waals surface area contributed by atoms with Crippen LogP contribution in [0.2, 0.25) is 5.02 Å². The normalized spacial score (nSPS) is 11.4. The Morgan fingerprint density at radius 3 is 2.22 bits per heavy atom. The molecule has 3 aromatic carbocycles. The number of alkyl halides is 3. The van der Waals surface area contributed by atoms with Gasteiger partial charge in [-0.1, -0.05) is 29.8 Å². The first kappa shape index (κ1) is 25.3. The number of fused-ring (bicyclic) bond motifs is 1. The number of carbonyl (C=O) groups excluding carboxylic acids is 1. The third-order valence-electron chi connectivity index (χ3n) is 5.53. The summed E-state index contributed by atoms with van der Waals surface area (Å²) in [6, 6.07) is 14.8. The van der Waals surface area contributed by atoms with E-state index in [1.807, 2.05) is 0 Å². The number of ether oxygens (including phenoxy) is 3. The van der Waals surface area contributed by atoms with Crippen LogP contribution in [-0.2, 0) is 23.8 Å². The molecule has 1 heterocycles. The van der Waals surface area contributed by atoms with Crippen molar-refractivity contribution in [2.75, 3.05) is 14.2 Å². The lowest BCUT2D eigenvalue weighted by Gasteiger charge is -2.13. The first-order chi connectivity index (χ1) is 17.2. The molecule has 0 bridgehead atoms. The average molecular weight is 516 g/mol. The smallest absolute Gasteiger partial charge is 0.416 e. The van der Waals surface area contributed by atoms with Gasteiger partial charge in [0.25, 0.3) is 0 Å². The number of Topliss-reactive ketones (excluding diaryl/α,β-unsaturated/α-hetero) is 1. The van der Waals surface area contributed by atoms with Gasteiger partial charge in [-0.15, -0.1) is 0 Å². The van der Waals surface area contributed by atoms with Gasteiger partial charge >= 0.3 is 6.18 Å². The van der Waals surface area contributed by atoms with Crippen molar-refractivity contribution in [1.82, 2.24) is 4.98 Å². The summed E-state index contributed by atoms with van der Waals surface area (Å²) in [5, 5.41) is 1.05. The zero-order valence-corrected chi connectivity index (χ0v) is 20.1.